The largest absolute Gasteiger partial charge is 0.207 e. The van der Waals surface area contributed by atoms with E-state index in [-0.39, 0.29) is 5.82 Å². The highest BCUT2D eigenvalue weighted by atomic mass is 35.5. The molecule has 0 aliphatic carbocycles. The Morgan fingerprint density at radius 3 is 2.53 bits per heavy atom. The summed E-state index contributed by atoms with van der Waals surface area (Å²) < 4.78 is 13.0. The summed E-state index contributed by atoms with van der Waals surface area (Å²) in [6, 6.07) is 4.46. The summed E-state index contributed by atoms with van der Waals surface area (Å²) in [6.45, 7) is 4.22. The molecule has 1 atom stereocenters. The molecule has 15 heavy (non-hydrogen) atoms. The first-order valence-electron chi connectivity index (χ1n) is 5.04. The van der Waals surface area contributed by atoms with Gasteiger partial charge in [-0.25, -0.2) is 4.39 Å². The Labute approximate surface area is 100 Å². The highest BCUT2D eigenvalue weighted by Crippen LogP contribution is 2.24. The van der Waals surface area contributed by atoms with Crippen LogP contribution in [0.15, 0.2) is 18.2 Å². The van der Waals surface area contributed by atoms with Crippen molar-refractivity contribution in [2.75, 3.05) is 5.88 Å². The fraction of sp³-hybridized carbons (Fsp3) is 0.500. The van der Waals surface area contributed by atoms with E-state index < -0.39 is 0 Å². The predicted octanol–water partition coefficient (Wildman–Crippen LogP) is 4.53. The Kier molecular flexibility index (Phi) is 4.88. The van der Waals surface area contributed by atoms with Gasteiger partial charge in [0.05, 0.1) is 0 Å². The van der Waals surface area contributed by atoms with E-state index >= 15 is 0 Å². The van der Waals surface area contributed by atoms with Crippen molar-refractivity contribution in [1.29, 1.82) is 0 Å². The standard InChI is InChI=1S/C12H15Cl2F/c1-8(2)10(7-13)5-9-6-11(15)3-4-12(9)14/h3-4,6,8,10H,5,7H2,1-2H3. The van der Waals surface area contributed by atoms with Gasteiger partial charge < -0.3 is 0 Å². The topological polar surface area (TPSA) is 0 Å². The van der Waals surface area contributed by atoms with Crippen LogP contribution in [-0.4, -0.2) is 5.88 Å². The van der Waals surface area contributed by atoms with Crippen LogP contribution in [0.2, 0.25) is 5.02 Å². The monoisotopic (exact) mass is 248 g/mol. The first kappa shape index (κ1) is 12.8. The fourth-order valence-electron chi connectivity index (χ4n) is 1.45. The molecule has 0 amide bonds. The highest BCUT2D eigenvalue weighted by Gasteiger charge is 2.14. The number of benzene rings is 1. The number of halogens is 3. The van der Waals surface area contributed by atoms with Gasteiger partial charge >= 0.3 is 0 Å². The smallest absolute Gasteiger partial charge is 0.123 e. The molecule has 0 saturated carbocycles. The second kappa shape index (κ2) is 5.72. The van der Waals surface area contributed by atoms with Crippen molar-refractivity contribution in [2.45, 2.75) is 20.3 Å². The lowest BCUT2D eigenvalue weighted by atomic mass is 9.91. The maximum Gasteiger partial charge on any atom is 0.123 e. The number of alkyl halides is 1. The first-order chi connectivity index (χ1) is 7.04. The van der Waals surface area contributed by atoms with Crippen LogP contribution in [0.1, 0.15) is 19.4 Å². The summed E-state index contributed by atoms with van der Waals surface area (Å²) in [7, 11) is 0. The molecule has 0 aliphatic rings. The van der Waals surface area contributed by atoms with Crippen LogP contribution in [0.4, 0.5) is 4.39 Å². The maximum absolute atomic E-state index is 13.0. The zero-order valence-electron chi connectivity index (χ0n) is 8.93. The number of hydrogen-bond acceptors (Lipinski definition) is 0. The maximum atomic E-state index is 13.0. The average Bonchev–Trinajstić information content (AvgIpc) is 2.18. The quantitative estimate of drug-likeness (QED) is 0.687. The van der Waals surface area contributed by atoms with Crippen molar-refractivity contribution in [3.05, 3.63) is 34.6 Å². The van der Waals surface area contributed by atoms with Crippen molar-refractivity contribution in [3.63, 3.8) is 0 Å². The molecular formula is C12H15Cl2F. The van der Waals surface area contributed by atoms with Crippen molar-refractivity contribution in [1.82, 2.24) is 0 Å². The second-order valence-electron chi connectivity index (χ2n) is 4.10. The van der Waals surface area contributed by atoms with Gasteiger partial charge in [0.15, 0.2) is 0 Å². The summed E-state index contributed by atoms with van der Waals surface area (Å²) in [4.78, 5) is 0. The lowest BCUT2D eigenvalue weighted by Gasteiger charge is -2.18. The van der Waals surface area contributed by atoms with Gasteiger partial charge in [0, 0.05) is 10.9 Å². The van der Waals surface area contributed by atoms with Crippen LogP contribution in [0.25, 0.3) is 0 Å². The molecule has 0 aliphatic heterocycles. The van der Waals surface area contributed by atoms with Crippen molar-refractivity contribution in [3.8, 4) is 0 Å². The molecule has 0 N–H and O–H groups in total. The zero-order chi connectivity index (χ0) is 11.4. The van der Waals surface area contributed by atoms with Gasteiger partial charge in [-0.3, -0.25) is 0 Å². The van der Waals surface area contributed by atoms with E-state index in [0.29, 0.717) is 22.7 Å². The van der Waals surface area contributed by atoms with Gasteiger partial charge in [0.2, 0.25) is 0 Å². The SMILES string of the molecule is CC(C)C(CCl)Cc1cc(F)ccc1Cl. The molecule has 1 unspecified atom stereocenters. The fourth-order valence-corrected chi connectivity index (χ4v) is 2.11. The summed E-state index contributed by atoms with van der Waals surface area (Å²) in [5.41, 5.74) is 0.844. The van der Waals surface area contributed by atoms with Crippen molar-refractivity contribution < 1.29 is 4.39 Å². The Morgan fingerprint density at radius 2 is 2.00 bits per heavy atom. The lowest BCUT2D eigenvalue weighted by Crippen LogP contribution is -2.14. The summed E-state index contributed by atoms with van der Waals surface area (Å²) in [5, 5.41) is 0.618. The molecule has 84 valence electrons. The van der Waals surface area contributed by atoms with Crippen LogP contribution in [-0.2, 0) is 6.42 Å². The van der Waals surface area contributed by atoms with Gasteiger partial charge in [-0.1, -0.05) is 25.4 Å². The first-order valence-corrected chi connectivity index (χ1v) is 5.95. The summed E-state index contributed by atoms with van der Waals surface area (Å²) >= 11 is 11.9. The second-order valence-corrected chi connectivity index (χ2v) is 4.81. The van der Waals surface area contributed by atoms with E-state index in [1.54, 1.807) is 6.07 Å². The van der Waals surface area contributed by atoms with E-state index in [0.717, 1.165) is 12.0 Å². The summed E-state index contributed by atoms with van der Waals surface area (Å²) in [6.07, 6.45) is 0.734. The van der Waals surface area contributed by atoms with Crippen LogP contribution < -0.4 is 0 Å². The van der Waals surface area contributed by atoms with Crippen LogP contribution >= 0.6 is 23.2 Å². The van der Waals surface area contributed by atoms with Crippen LogP contribution in [0, 0.1) is 17.7 Å². The van der Waals surface area contributed by atoms with Gasteiger partial charge in [-0.15, -0.1) is 11.6 Å². The minimum atomic E-state index is -0.244. The van der Waals surface area contributed by atoms with E-state index in [9.17, 15) is 4.39 Å². The average molecular weight is 249 g/mol. The normalized spacial score (nSPS) is 13.2. The molecule has 0 saturated heterocycles. The molecular weight excluding hydrogens is 234 g/mol. The Hall–Kier alpha value is -0.270. The van der Waals surface area contributed by atoms with Crippen LogP contribution in [0.3, 0.4) is 0 Å². The van der Waals surface area contributed by atoms with E-state index in [2.05, 4.69) is 13.8 Å². The molecule has 1 aromatic rings. The minimum absolute atomic E-state index is 0.244. The third-order valence-corrected chi connectivity index (χ3v) is 3.40. The molecule has 1 aromatic carbocycles. The van der Waals surface area contributed by atoms with Gasteiger partial charge in [0.25, 0.3) is 0 Å². The third kappa shape index (κ3) is 3.66. The number of hydrogen-bond donors (Lipinski definition) is 0. The molecule has 3 heteroatoms. The highest BCUT2D eigenvalue weighted by molar-refractivity contribution is 6.31. The molecule has 0 nitrogen and oxygen atoms in total. The Bertz CT molecular complexity index is 323. The molecule has 0 heterocycles. The molecule has 0 bridgehead atoms. The number of rotatable bonds is 4. The van der Waals surface area contributed by atoms with E-state index in [1.165, 1.54) is 12.1 Å². The van der Waals surface area contributed by atoms with Gasteiger partial charge in [0.1, 0.15) is 5.82 Å². The zero-order valence-corrected chi connectivity index (χ0v) is 10.4. The third-order valence-electron chi connectivity index (χ3n) is 2.63. The van der Waals surface area contributed by atoms with Crippen molar-refractivity contribution >= 4 is 23.2 Å². The van der Waals surface area contributed by atoms with E-state index in [4.69, 9.17) is 23.2 Å². The summed E-state index contributed by atoms with van der Waals surface area (Å²) in [5.74, 6) is 1.14. The van der Waals surface area contributed by atoms with Crippen LogP contribution in [0.5, 0.6) is 0 Å². The molecule has 0 radical (unpaired) electrons. The molecule has 0 aromatic heterocycles. The van der Waals surface area contributed by atoms with E-state index in [1.807, 2.05) is 0 Å². The lowest BCUT2D eigenvalue weighted by molar-refractivity contribution is 0.421. The predicted molar refractivity (Wildman–Crippen MR) is 64.2 cm³/mol. The Balaban J connectivity index is 2.82. The molecule has 0 spiro atoms. The van der Waals surface area contributed by atoms with Gasteiger partial charge in [-0.05, 0) is 42.0 Å². The Morgan fingerprint density at radius 1 is 1.33 bits per heavy atom. The van der Waals surface area contributed by atoms with Crippen molar-refractivity contribution in [2.24, 2.45) is 11.8 Å². The molecule has 0 fully saturated rings. The molecule has 1 rings (SSSR count). The minimum Gasteiger partial charge on any atom is -0.207 e. The van der Waals surface area contributed by atoms with Gasteiger partial charge in [-0.2, -0.15) is 0 Å².